The highest BCUT2D eigenvalue weighted by molar-refractivity contribution is 6.31. The van der Waals surface area contributed by atoms with Crippen molar-refractivity contribution in [1.82, 2.24) is 19.7 Å². The summed E-state index contributed by atoms with van der Waals surface area (Å²) in [6.45, 7) is 2.34. The Hall–Kier alpha value is -3.23. The van der Waals surface area contributed by atoms with E-state index in [1.54, 1.807) is 29.1 Å². The largest absolute Gasteiger partial charge is 0.495 e. The molecule has 0 bridgehead atoms. The third kappa shape index (κ3) is 5.65. The maximum atomic E-state index is 13.2. The third-order valence-corrected chi connectivity index (χ3v) is 4.18. The number of hydrogen-bond donors (Lipinski definition) is 2. The van der Waals surface area contributed by atoms with Gasteiger partial charge in [-0.05, 0) is 36.8 Å². The summed E-state index contributed by atoms with van der Waals surface area (Å²) < 4.78 is 20.3. The molecule has 0 fully saturated rings. The smallest absolute Gasteiger partial charge is 0.160 e. The molecule has 0 amide bonds. The summed E-state index contributed by atoms with van der Waals surface area (Å²) in [6, 6.07) is 6.17. The molecule has 0 unspecified atom stereocenters. The van der Waals surface area contributed by atoms with Crippen LogP contribution in [0.25, 0.3) is 11.0 Å². The van der Waals surface area contributed by atoms with Crippen LogP contribution >= 0.6 is 11.6 Å². The molecule has 156 valence electrons. The Bertz CT molecular complexity index is 1090. The number of aliphatic hydroxyl groups is 1. The fourth-order valence-corrected chi connectivity index (χ4v) is 2.93. The van der Waals surface area contributed by atoms with E-state index in [9.17, 15) is 9.50 Å². The Balaban J connectivity index is 1.77. The number of halogens is 2. The van der Waals surface area contributed by atoms with Gasteiger partial charge in [0.15, 0.2) is 5.82 Å². The van der Waals surface area contributed by atoms with E-state index in [0.717, 1.165) is 0 Å². The summed E-state index contributed by atoms with van der Waals surface area (Å²) >= 11 is 6.28. The van der Waals surface area contributed by atoms with E-state index in [-0.39, 0.29) is 19.0 Å². The molecular formula is C21H21ClFN5O2. The number of allylic oxidation sites excluding steroid dienone is 4. The van der Waals surface area contributed by atoms with E-state index in [2.05, 4.69) is 20.4 Å². The Kier molecular flexibility index (Phi) is 7.53. The number of hydrogen-bond acceptors (Lipinski definition) is 6. The summed E-state index contributed by atoms with van der Waals surface area (Å²) in [5.41, 5.74) is 2.68. The molecule has 9 heteroatoms. The summed E-state index contributed by atoms with van der Waals surface area (Å²) in [4.78, 5) is 8.49. The molecule has 7 nitrogen and oxygen atoms in total. The van der Waals surface area contributed by atoms with E-state index in [0.29, 0.717) is 39.7 Å². The first kappa shape index (κ1) is 21.5. The van der Waals surface area contributed by atoms with Crippen LogP contribution in [0.5, 0.6) is 0 Å². The van der Waals surface area contributed by atoms with Gasteiger partial charge in [-0.3, -0.25) is 4.68 Å². The van der Waals surface area contributed by atoms with Crippen molar-refractivity contribution in [3.8, 4) is 0 Å². The Morgan fingerprint density at radius 3 is 3.00 bits per heavy atom. The van der Waals surface area contributed by atoms with Crippen molar-refractivity contribution in [3.05, 3.63) is 83.4 Å². The number of nitrogens with zero attached hydrogens (tertiary/aromatic N) is 4. The first-order chi connectivity index (χ1) is 14.6. The zero-order valence-electron chi connectivity index (χ0n) is 16.3. The molecule has 3 aromatic rings. The van der Waals surface area contributed by atoms with Gasteiger partial charge in [-0.15, -0.1) is 0 Å². The second-order valence-electron chi connectivity index (χ2n) is 6.22. The van der Waals surface area contributed by atoms with E-state index >= 15 is 0 Å². The lowest BCUT2D eigenvalue weighted by Crippen LogP contribution is -2.07. The van der Waals surface area contributed by atoms with Gasteiger partial charge in [-0.25, -0.2) is 14.4 Å². The van der Waals surface area contributed by atoms with Crippen LogP contribution in [0, 0.1) is 5.82 Å². The Morgan fingerprint density at radius 2 is 2.23 bits per heavy atom. The number of benzene rings is 1. The van der Waals surface area contributed by atoms with E-state index in [1.165, 1.54) is 24.7 Å². The first-order valence-electron chi connectivity index (χ1n) is 9.21. The van der Waals surface area contributed by atoms with Crippen LogP contribution < -0.4 is 5.32 Å². The highest BCUT2D eigenvalue weighted by Crippen LogP contribution is 2.21. The minimum Gasteiger partial charge on any atom is -0.495 e. The zero-order valence-corrected chi connectivity index (χ0v) is 17.1. The topological polar surface area (TPSA) is 85.1 Å². The van der Waals surface area contributed by atoms with Crippen LogP contribution in [0.4, 0.5) is 10.2 Å². The predicted octanol–water partition coefficient (Wildman–Crippen LogP) is 4.13. The van der Waals surface area contributed by atoms with Crippen molar-refractivity contribution in [2.45, 2.75) is 20.1 Å². The second-order valence-corrected chi connectivity index (χ2v) is 6.65. The van der Waals surface area contributed by atoms with Crippen LogP contribution in [0.15, 0.2) is 72.0 Å². The lowest BCUT2D eigenvalue weighted by atomic mass is 10.2. The quantitative estimate of drug-likeness (QED) is 0.393. The van der Waals surface area contributed by atoms with Crippen LogP contribution in [0.1, 0.15) is 12.5 Å². The number of rotatable bonds is 9. The van der Waals surface area contributed by atoms with E-state index in [4.69, 9.17) is 16.3 Å². The van der Waals surface area contributed by atoms with Gasteiger partial charge in [0.1, 0.15) is 36.0 Å². The molecule has 2 aromatic heterocycles. The lowest BCUT2D eigenvalue weighted by Gasteiger charge is -2.10. The lowest BCUT2D eigenvalue weighted by molar-refractivity contribution is 0.235. The average molecular weight is 430 g/mol. The summed E-state index contributed by atoms with van der Waals surface area (Å²) in [6.07, 6.45) is 9.78. The van der Waals surface area contributed by atoms with Gasteiger partial charge in [0.05, 0.1) is 24.4 Å². The maximum Gasteiger partial charge on any atom is 0.160 e. The van der Waals surface area contributed by atoms with Crippen LogP contribution in [-0.4, -0.2) is 31.5 Å². The molecule has 0 saturated carbocycles. The SMILES string of the molecule is C\C=C/C(=C\C(Cl)=C\OCc1cccc(F)c1)Nc1ncnc2cnn(CCO)c12. The number of aromatic nitrogens is 4. The molecule has 0 aliphatic carbocycles. The average Bonchev–Trinajstić information content (AvgIpc) is 3.12. The molecule has 2 N–H and O–H groups in total. The minimum atomic E-state index is -0.317. The van der Waals surface area contributed by atoms with Gasteiger partial charge in [-0.1, -0.05) is 29.8 Å². The molecule has 0 atom stereocenters. The van der Waals surface area contributed by atoms with Crippen molar-refractivity contribution in [2.24, 2.45) is 0 Å². The highest BCUT2D eigenvalue weighted by Gasteiger charge is 2.11. The molecule has 3 rings (SSSR count). The number of ether oxygens (including phenoxy) is 1. The Morgan fingerprint density at radius 1 is 1.37 bits per heavy atom. The van der Waals surface area contributed by atoms with E-state index < -0.39 is 0 Å². The molecule has 0 aliphatic rings. The van der Waals surface area contributed by atoms with Gasteiger partial charge < -0.3 is 15.2 Å². The van der Waals surface area contributed by atoms with Crippen LogP contribution in [0.2, 0.25) is 0 Å². The van der Waals surface area contributed by atoms with Crippen molar-refractivity contribution in [3.63, 3.8) is 0 Å². The molecule has 0 spiro atoms. The molecule has 1 aromatic carbocycles. The van der Waals surface area contributed by atoms with E-state index in [1.807, 2.05) is 19.1 Å². The first-order valence-corrected chi connectivity index (χ1v) is 9.59. The van der Waals surface area contributed by atoms with Crippen molar-refractivity contribution >= 4 is 28.5 Å². The molecule has 0 saturated heterocycles. The van der Waals surface area contributed by atoms with Crippen molar-refractivity contribution in [1.29, 1.82) is 0 Å². The number of anilines is 1. The van der Waals surface area contributed by atoms with Gasteiger partial charge in [0, 0.05) is 5.70 Å². The summed E-state index contributed by atoms with van der Waals surface area (Å²) in [5.74, 6) is 0.211. The van der Waals surface area contributed by atoms with Gasteiger partial charge in [0.2, 0.25) is 0 Å². The molecule has 2 heterocycles. The standard InChI is InChI=1S/C21H21ClFN5O2/c1-2-4-18(10-16(22)13-30-12-15-5-3-6-17(23)9-15)27-21-20-19(24-14-25-21)11-26-28(20)7-8-29/h2-6,9-11,13-14,29H,7-8,12H2,1H3,(H,24,25,27)/b4-2-,16-13-,18-10+. The summed E-state index contributed by atoms with van der Waals surface area (Å²) in [5, 5.41) is 17.0. The molecule has 0 aliphatic heterocycles. The molecule has 0 radical (unpaired) electrons. The van der Waals surface area contributed by atoms with Crippen LogP contribution in [-0.2, 0) is 17.9 Å². The normalized spacial score (nSPS) is 12.7. The fraction of sp³-hybridized carbons (Fsp3) is 0.190. The van der Waals surface area contributed by atoms with Gasteiger partial charge >= 0.3 is 0 Å². The molecule has 30 heavy (non-hydrogen) atoms. The second kappa shape index (κ2) is 10.5. The monoisotopic (exact) mass is 429 g/mol. The minimum absolute atomic E-state index is 0.0557. The van der Waals surface area contributed by atoms with Gasteiger partial charge in [0.25, 0.3) is 0 Å². The highest BCUT2D eigenvalue weighted by atomic mass is 35.5. The Labute approximate surface area is 178 Å². The summed E-state index contributed by atoms with van der Waals surface area (Å²) in [7, 11) is 0. The van der Waals surface area contributed by atoms with Crippen LogP contribution in [0.3, 0.4) is 0 Å². The van der Waals surface area contributed by atoms with Crippen molar-refractivity contribution in [2.75, 3.05) is 11.9 Å². The fourth-order valence-electron chi connectivity index (χ4n) is 2.75. The van der Waals surface area contributed by atoms with Crippen molar-refractivity contribution < 1.29 is 14.2 Å². The number of aliphatic hydroxyl groups excluding tert-OH is 1. The third-order valence-electron chi connectivity index (χ3n) is 3.98. The molecular weight excluding hydrogens is 409 g/mol. The maximum absolute atomic E-state index is 13.2. The number of nitrogens with one attached hydrogen (secondary N) is 1. The van der Waals surface area contributed by atoms with Gasteiger partial charge in [-0.2, -0.15) is 5.10 Å². The predicted molar refractivity (Wildman–Crippen MR) is 114 cm³/mol. The zero-order chi connectivity index (χ0) is 21.3. The number of fused-ring (bicyclic) bond motifs is 1.